The Balaban J connectivity index is 1.51. The van der Waals surface area contributed by atoms with Crippen molar-refractivity contribution in [2.24, 2.45) is 10.8 Å². The van der Waals surface area contributed by atoms with E-state index in [0.29, 0.717) is 27.9 Å². The smallest absolute Gasteiger partial charge is 0.225 e. The molecule has 9 nitrogen and oxygen atoms in total. The largest absolute Gasteiger partial charge is 0.508 e. The van der Waals surface area contributed by atoms with Crippen LogP contribution in [0.4, 0.5) is 8.78 Å². The molecule has 7 N–H and O–H groups in total. The lowest BCUT2D eigenvalue weighted by Crippen LogP contribution is -2.32. The van der Waals surface area contributed by atoms with Gasteiger partial charge in [0, 0.05) is 47.5 Å². The molecular weight excluding hydrogens is 540 g/mol. The number of nitrogens with zero attached hydrogens (tertiary/aromatic N) is 2. The van der Waals surface area contributed by atoms with Crippen LogP contribution in [0.1, 0.15) is 28.4 Å². The summed E-state index contributed by atoms with van der Waals surface area (Å²) in [5.74, 6) is -1.43. The van der Waals surface area contributed by atoms with Crippen LogP contribution >= 0.6 is 0 Å². The van der Waals surface area contributed by atoms with Gasteiger partial charge >= 0.3 is 0 Å². The highest BCUT2D eigenvalue weighted by atomic mass is 19.1. The van der Waals surface area contributed by atoms with E-state index in [0.717, 1.165) is 22.5 Å². The summed E-state index contributed by atoms with van der Waals surface area (Å²) < 4.78 is 28.3. The van der Waals surface area contributed by atoms with Crippen LogP contribution in [0.3, 0.4) is 0 Å². The molecule has 1 unspecified atom stereocenters. The molecule has 0 spiro atoms. The molecule has 0 saturated heterocycles. The molecule has 214 valence electrons. The van der Waals surface area contributed by atoms with Gasteiger partial charge in [-0.25, -0.2) is 19.7 Å². The number of hydrogen-bond donors (Lipinski definition) is 6. The maximum absolute atomic E-state index is 14.1. The summed E-state index contributed by atoms with van der Waals surface area (Å²) >= 11 is 0. The number of nitrogens with one attached hydrogen (secondary N) is 4. The van der Waals surface area contributed by atoms with Crippen molar-refractivity contribution >= 4 is 22.6 Å². The minimum atomic E-state index is -0.742. The summed E-state index contributed by atoms with van der Waals surface area (Å²) in [6, 6.07) is 18.4. The van der Waals surface area contributed by atoms with Crippen LogP contribution in [0.2, 0.25) is 0 Å². The summed E-state index contributed by atoms with van der Waals surface area (Å²) in [6.45, 7) is 0. The molecule has 1 atom stereocenters. The minimum absolute atomic E-state index is 0.000574. The monoisotopic (exact) mass is 569 g/mol. The fourth-order valence-electron chi connectivity index (χ4n) is 4.88. The zero-order valence-electron chi connectivity index (χ0n) is 22.7. The number of carbonyl (C=O) groups is 1. The van der Waals surface area contributed by atoms with Crippen LogP contribution in [0.15, 0.2) is 90.3 Å². The van der Waals surface area contributed by atoms with Gasteiger partial charge in [-0.2, -0.15) is 0 Å². The Hall–Kier alpha value is -5.29. The second kappa shape index (κ2) is 12.5. The molecule has 11 heteroatoms. The number of amides is 1. The number of aromatic hydroxyl groups is 1. The number of rotatable bonds is 10. The summed E-state index contributed by atoms with van der Waals surface area (Å²) in [7, 11) is 1.66. The van der Waals surface area contributed by atoms with Crippen molar-refractivity contribution in [3.63, 3.8) is 0 Å². The van der Waals surface area contributed by atoms with E-state index in [9.17, 15) is 18.7 Å². The molecule has 0 bridgehead atoms. The molecule has 2 aromatic heterocycles. The normalized spacial score (nSPS) is 12.3. The third-order valence-electron chi connectivity index (χ3n) is 6.73. The molecule has 3 aromatic carbocycles. The number of halogens is 2. The van der Waals surface area contributed by atoms with Gasteiger partial charge in [0.1, 0.15) is 17.4 Å². The Bertz CT molecular complexity index is 1750. The van der Waals surface area contributed by atoms with Crippen molar-refractivity contribution in [2.45, 2.75) is 18.9 Å². The number of carbonyl (C=O) groups excluding carboxylic acids is 1. The predicted octanol–water partition coefficient (Wildman–Crippen LogP) is 4.20. The molecule has 0 aliphatic rings. The molecule has 0 saturated carbocycles. The van der Waals surface area contributed by atoms with Crippen LogP contribution in [-0.2, 0) is 17.6 Å². The molecular formula is C31H29F2N7O2. The van der Waals surface area contributed by atoms with Crippen molar-refractivity contribution in [2.75, 3.05) is 7.05 Å². The maximum Gasteiger partial charge on any atom is 0.225 e. The number of hydrogen-bond acceptors (Lipinski definition) is 6. The first-order chi connectivity index (χ1) is 20.3. The minimum Gasteiger partial charge on any atom is -0.508 e. The number of aromatic nitrogens is 2. The van der Waals surface area contributed by atoms with Gasteiger partial charge < -0.3 is 21.1 Å². The highest BCUT2D eigenvalue weighted by molar-refractivity contribution is 5.98. The first kappa shape index (κ1) is 28.2. The molecule has 0 aliphatic heterocycles. The Kier molecular flexibility index (Phi) is 8.39. The second-order valence-corrected chi connectivity index (χ2v) is 9.70. The Morgan fingerprint density at radius 1 is 1.07 bits per heavy atom. The number of hydrazone groups is 1. The highest BCUT2D eigenvalue weighted by Crippen LogP contribution is 2.30. The van der Waals surface area contributed by atoms with Gasteiger partial charge in [0.2, 0.25) is 5.91 Å². The second-order valence-electron chi connectivity index (χ2n) is 9.70. The zero-order chi connectivity index (χ0) is 29.6. The number of amidine groups is 1. The van der Waals surface area contributed by atoms with Gasteiger partial charge in [-0.3, -0.25) is 9.78 Å². The van der Waals surface area contributed by atoms with E-state index in [1.165, 1.54) is 12.1 Å². The number of H-pyrrole nitrogens is 1. The number of aromatic amines is 1. The summed E-state index contributed by atoms with van der Waals surface area (Å²) in [4.78, 5) is 21.1. The quantitative estimate of drug-likeness (QED) is 0.0846. The van der Waals surface area contributed by atoms with Crippen molar-refractivity contribution in [3.05, 3.63) is 119 Å². The van der Waals surface area contributed by atoms with Crippen LogP contribution < -0.4 is 22.0 Å². The molecule has 0 radical (unpaired) electrons. The molecule has 0 fully saturated rings. The first-order valence-electron chi connectivity index (χ1n) is 13.1. The van der Waals surface area contributed by atoms with Crippen LogP contribution in [-0.4, -0.2) is 33.9 Å². The van der Waals surface area contributed by atoms with Crippen molar-refractivity contribution in [3.8, 4) is 16.9 Å². The molecule has 1 amide bonds. The number of hydrazine groups is 1. The topological polar surface area (TPSA) is 140 Å². The van der Waals surface area contributed by atoms with Crippen molar-refractivity contribution < 1.29 is 18.7 Å². The van der Waals surface area contributed by atoms with Crippen LogP contribution in [0.5, 0.6) is 5.75 Å². The van der Waals surface area contributed by atoms with E-state index in [-0.39, 0.29) is 30.3 Å². The highest BCUT2D eigenvalue weighted by Gasteiger charge is 2.22. The zero-order valence-corrected chi connectivity index (χ0v) is 22.7. The average Bonchev–Trinajstić information content (AvgIpc) is 3.36. The third-order valence-corrected chi connectivity index (χ3v) is 6.73. The van der Waals surface area contributed by atoms with Gasteiger partial charge in [-0.15, -0.1) is 5.10 Å². The fourth-order valence-corrected chi connectivity index (χ4v) is 4.88. The van der Waals surface area contributed by atoms with Crippen molar-refractivity contribution in [1.29, 1.82) is 0 Å². The lowest BCUT2D eigenvalue weighted by atomic mass is 9.94. The number of phenols is 1. The standard InChI is InChI=1S/C31H29F2N7O2/c1-35-40-39-31(34)20-5-2-4-19(13-20)25-6-3-9-36-30(25)28(12-18-10-22(32)15-23(33)11-18)38-29(42)14-21-17-37-27-8-7-24(41)16-26(21)27/h2-11,13,15-17,28,35,37,40-41H,12,14H2,1H3,(H2,34,39)(H,38,42). The van der Waals surface area contributed by atoms with Gasteiger partial charge in [-0.05, 0) is 65.6 Å². The van der Waals surface area contributed by atoms with Crippen molar-refractivity contribution in [1.82, 2.24) is 26.2 Å². The molecule has 2 heterocycles. The van der Waals surface area contributed by atoms with Gasteiger partial charge in [0.05, 0.1) is 18.2 Å². The van der Waals surface area contributed by atoms with E-state index in [1.807, 2.05) is 30.3 Å². The summed E-state index contributed by atoms with van der Waals surface area (Å²) in [5.41, 5.74) is 15.8. The Morgan fingerprint density at radius 3 is 2.67 bits per heavy atom. The molecule has 42 heavy (non-hydrogen) atoms. The Morgan fingerprint density at radius 2 is 1.88 bits per heavy atom. The number of fused-ring (bicyclic) bond motifs is 1. The fraction of sp³-hybridized carbons (Fsp3) is 0.129. The summed E-state index contributed by atoms with van der Waals surface area (Å²) in [5, 5.41) is 17.7. The first-order valence-corrected chi connectivity index (χ1v) is 13.1. The SMILES string of the molecule is CNNN=C(N)c1cccc(-c2cccnc2C(Cc2cc(F)cc(F)c2)NC(=O)Cc2c[nH]c3ccc(O)cc23)c1. The van der Waals surface area contributed by atoms with Gasteiger partial charge in [0.15, 0.2) is 5.84 Å². The van der Waals surface area contributed by atoms with E-state index in [2.05, 4.69) is 31.3 Å². The predicted molar refractivity (Wildman–Crippen MR) is 157 cm³/mol. The van der Waals surface area contributed by atoms with Crippen LogP contribution in [0, 0.1) is 11.6 Å². The number of benzene rings is 3. The van der Waals surface area contributed by atoms with E-state index >= 15 is 0 Å². The van der Waals surface area contributed by atoms with E-state index < -0.39 is 17.7 Å². The number of nitrogens with two attached hydrogens (primary N) is 1. The molecule has 0 aliphatic carbocycles. The molecule has 5 rings (SSSR count). The third kappa shape index (κ3) is 6.53. The number of pyridine rings is 1. The Labute approximate surface area is 240 Å². The van der Waals surface area contributed by atoms with E-state index in [4.69, 9.17) is 5.73 Å². The maximum atomic E-state index is 14.1. The van der Waals surface area contributed by atoms with Gasteiger partial charge in [-0.1, -0.05) is 24.3 Å². The molecule has 5 aromatic rings. The van der Waals surface area contributed by atoms with Gasteiger partial charge in [0.25, 0.3) is 0 Å². The number of phenolic OH excluding ortho intramolecular Hbond substituents is 1. The van der Waals surface area contributed by atoms with Crippen LogP contribution in [0.25, 0.3) is 22.0 Å². The summed E-state index contributed by atoms with van der Waals surface area (Å²) in [6.07, 6.45) is 3.39. The lowest BCUT2D eigenvalue weighted by molar-refractivity contribution is -0.121. The van der Waals surface area contributed by atoms with E-state index in [1.54, 1.807) is 43.7 Å². The lowest BCUT2D eigenvalue weighted by Gasteiger charge is -2.22. The average molecular weight is 570 g/mol.